The van der Waals surface area contributed by atoms with Crippen LogP contribution in [0.25, 0.3) is 0 Å². The van der Waals surface area contributed by atoms with Crippen molar-refractivity contribution in [3.8, 4) is 5.88 Å². The third kappa shape index (κ3) is 6.59. The Morgan fingerprint density at radius 1 is 1.41 bits per heavy atom. The molecule has 2 aromatic rings. The normalized spacial score (nSPS) is 14.3. The maximum absolute atomic E-state index is 5.38. The molecule has 1 aliphatic rings. The Morgan fingerprint density at radius 3 is 2.86 bits per heavy atom. The molecule has 1 N–H and O–H groups in total. The summed E-state index contributed by atoms with van der Waals surface area (Å²) >= 11 is 3.39. The molecule has 0 aromatic carbocycles. The van der Waals surface area contributed by atoms with Gasteiger partial charge in [-0.3, -0.25) is 4.99 Å². The van der Waals surface area contributed by atoms with Gasteiger partial charge in [0.25, 0.3) is 0 Å². The number of methoxy groups -OCH3 is 1. The molecule has 0 aliphatic carbocycles. The molecule has 0 radical (unpaired) electrons. The Morgan fingerprint density at radius 2 is 2.21 bits per heavy atom. The number of halogens is 2. The average Bonchev–Trinajstić information content (AvgIpc) is 3.24. The lowest BCUT2D eigenvalue weighted by Crippen LogP contribution is -2.53. The van der Waals surface area contributed by atoms with Gasteiger partial charge in [-0.2, -0.15) is 4.98 Å². The van der Waals surface area contributed by atoms with E-state index in [0.717, 1.165) is 48.8 Å². The molecule has 3 rings (SSSR count). The Balaban J connectivity index is 0.00000300. The van der Waals surface area contributed by atoms with Crippen LogP contribution in [0, 0.1) is 0 Å². The number of anilines is 1. The molecule has 2 aromatic heterocycles. The highest BCUT2D eigenvalue weighted by molar-refractivity contribution is 14.0. The van der Waals surface area contributed by atoms with Crippen molar-refractivity contribution >= 4 is 51.8 Å². The molecule has 0 amide bonds. The van der Waals surface area contributed by atoms with E-state index in [0.29, 0.717) is 24.9 Å². The van der Waals surface area contributed by atoms with Crippen LogP contribution in [0.3, 0.4) is 0 Å². The van der Waals surface area contributed by atoms with Crippen LogP contribution < -0.4 is 15.0 Å². The number of piperazine rings is 1. The maximum atomic E-state index is 5.38. The van der Waals surface area contributed by atoms with E-state index in [1.807, 2.05) is 18.2 Å². The third-order valence-corrected chi connectivity index (χ3v) is 4.90. The largest absolute Gasteiger partial charge is 0.480 e. The molecular formula is C19H26BrIN6O2. The van der Waals surface area contributed by atoms with Gasteiger partial charge in [-0.25, -0.2) is 4.98 Å². The van der Waals surface area contributed by atoms with Crippen LogP contribution in [0.2, 0.25) is 0 Å². The van der Waals surface area contributed by atoms with E-state index in [1.54, 1.807) is 19.6 Å². The molecular weight excluding hydrogens is 551 g/mol. The number of ether oxygens (including phenoxy) is 1. The van der Waals surface area contributed by atoms with Crippen LogP contribution in [0.5, 0.6) is 5.88 Å². The summed E-state index contributed by atoms with van der Waals surface area (Å²) in [6.07, 6.45) is 6.02. The zero-order chi connectivity index (χ0) is 19.8. The van der Waals surface area contributed by atoms with Crippen LogP contribution in [0.1, 0.15) is 5.76 Å². The van der Waals surface area contributed by atoms with Crippen LogP contribution in [0.4, 0.5) is 5.95 Å². The Bertz CT molecular complexity index is 794. The molecule has 0 saturated carbocycles. The van der Waals surface area contributed by atoms with Crippen LogP contribution in [-0.4, -0.2) is 67.2 Å². The fourth-order valence-corrected chi connectivity index (χ4v) is 3.27. The number of guanidine groups is 1. The molecule has 3 heterocycles. The predicted molar refractivity (Wildman–Crippen MR) is 128 cm³/mol. The Hall–Kier alpha value is -1.82. The SMILES string of the molecule is C=CCNC(=NCCc1ccco1)N1CCN(c2ncc(Br)c(OC)n2)CC1.I. The molecule has 0 atom stereocenters. The first-order valence-corrected chi connectivity index (χ1v) is 9.98. The van der Waals surface area contributed by atoms with Crippen LogP contribution in [0.15, 0.2) is 51.1 Å². The van der Waals surface area contributed by atoms with Crippen molar-refractivity contribution in [2.75, 3.05) is 51.3 Å². The summed E-state index contributed by atoms with van der Waals surface area (Å²) < 4.78 is 11.4. The molecule has 1 aliphatic heterocycles. The van der Waals surface area contributed by atoms with Gasteiger partial charge < -0.3 is 24.3 Å². The van der Waals surface area contributed by atoms with E-state index >= 15 is 0 Å². The number of nitrogens with one attached hydrogen (secondary N) is 1. The molecule has 0 spiro atoms. The van der Waals surface area contributed by atoms with Gasteiger partial charge in [-0.1, -0.05) is 6.08 Å². The number of nitrogens with zero attached hydrogens (tertiary/aromatic N) is 5. The monoisotopic (exact) mass is 576 g/mol. The molecule has 0 unspecified atom stereocenters. The highest BCUT2D eigenvalue weighted by Gasteiger charge is 2.22. The number of furan rings is 1. The number of hydrogen-bond donors (Lipinski definition) is 1. The second-order valence-electron chi connectivity index (χ2n) is 6.21. The van der Waals surface area contributed by atoms with Gasteiger partial charge in [0.2, 0.25) is 11.8 Å². The van der Waals surface area contributed by atoms with E-state index in [2.05, 4.69) is 47.6 Å². The maximum Gasteiger partial charge on any atom is 0.232 e. The zero-order valence-electron chi connectivity index (χ0n) is 16.4. The first-order valence-electron chi connectivity index (χ1n) is 9.19. The fourth-order valence-electron chi connectivity index (χ4n) is 2.91. The van der Waals surface area contributed by atoms with Gasteiger partial charge in [0, 0.05) is 45.7 Å². The smallest absolute Gasteiger partial charge is 0.232 e. The average molecular weight is 577 g/mol. The van der Waals surface area contributed by atoms with E-state index in [1.165, 1.54) is 0 Å². The standard InChI is InChI=1S/C19H25BrN6O2.HI/c1-3-7-21-18(22-8-6-15-5-4-13-28-15)25-9-11-26(12-10-25)19-23-14-16(20)17(24-19)27-2;/h3-5,13-14H,1,6-12H2,2H3,(H,21,22);1H. The van der Waals surface area contributed by atoms with E-state index < -0.39 is 0 Å². The van der Waals surface area contributed by atoms with Crippen molar-refractivity contribution in [1.82, 2.24) is 20.2 Å². The highest BCUT2D eigenvalue weighted by Crippen LogP contribution is 2.23. The summed E-state index contributed by atoms with van der Waals surface area (Å²) in [6, 6.07) is 3.87. The van der Waals surface area contributed by atoms with Crippen LogP contribution in [-0.2, 0) is 6.42 Å². The lowest BCUT2D eigenvalue weighted by molar-refractivity contribution is 0.366. The number of hydrogen-bond acceptors (Lipinski definition) is 6. The lowest BCUT2D eigenvalue weighted by Gasteiger charge is -2.36. The molecule has 1 saturated heterocycles. The Labute approximate surface area is 196 Å². The lowest BCUT2D eigenvalue weighted by atomic mass is 10.3. The minimum Gasteiger partial charge on any atom is -0.480 e. The third-order valence-electron chi connectivity index (χ3n) is 4.36. The van der Waals surface area contributed by atoms with Crippen molar-refractivity contribution in [3.63, 3.8) is 0 Å². The quantitative estimate of drug-likeness (QED) is 0.235. The van der Waals surface area contributed by atoms with Gasteiger partial charge in [0.1, 0.15) is 5.76 Å². The summed E-state index contributed by atoms with van der Waals surface area (Å²) in [5, 5.41) is 3.35. The van der Waals surface area contributed by atoms with Crippen molar-refractivity contribution in [2.24, 2.45) is 4.99 Å². The van der Waals surface area contributed by atoms with Gasteiger partial charge in [-0.15, -0.1) is 30.6 Å². The fraction of sp³-hybridized carbons (Fsp3) is 0.421. The summed E-state index contributed by atoms with van der Waals surface area (Å²) in [7, 11) is 1.60. The van der Waals surface area contributed by atoms with Gasteiger partial charge in [-0.05, 0) is 28.1 Å². The molecule has 10 heteroatoms. The van der Waals surface area contributed by atoms with Gasteiger partial charge >= 0.3 is 0 Å². The van der Waals surface area contributed by atoms with Crippen molar-refractivity contribution < 1.29 is 9.15 Å². The summed E-state index contributed by atoms with van der Waals surface area (Å²) in [6.45, 7) is 8.38. The second kappa shape index (κ2) is 12.0. The number of aromatic nitrogens is 2. The molecule has 0 bridgehead atoms. The minimum absolute atomic E-state index is 0. The molecule has 158 valence electrons. The van der Waals surface area contributed by atoms with Crippen molar-refractivity contribution in [2.45, 2.75) is 6.42 Å². The zero-order valence-corrected chi connectivity index (χ0v) is 20.3. The molecule has 8 nitrogen and oxygen atoms in total. The van der Waals surface area contributed by atoms with Gasteiger partial charge in [0.05, 0.1) is 24.0 Å². The summed E-state index contributed by atoms with van der Waals surface area (Å²) in [4.78, 5) is 18.0. The van der Waals surface area contributed by atoms with Gasteiger partial charge in [0.15, 0.2) is 5.96 Å². The second-order valence-corrected chi connectivity index (χ2v) is 7.06. The molecule has 29 heavy (non-hydrogen) atoms. The Kier molecular flexibility index (Phi) is 9.71. The van der Waals surface area contributed by atoms with Crippen molar-refractivity contribution in [1.29, 1.82) is 0 Å². The minimum atomic E-state index is 0. The first-order chi connectivity index (χ1) is 13.7. The number of rotatable bonds is 7. The van der Waals surface area contributed by atoms with Crippen LogP contribution >= 0.6 is 39.9 Å². The summed E-state index contributed by atoms with van der Waals surface area (Å²) in [5.74, 6) is 3.05. The van der Waals surface area contributed by atoms with Crippen molar-refractivity contribution in [3.05, 3.63) is 47.5 Å². The van der Waals surface area contributed by atoms with E-state index in [4.69, 9.17) is 14.1 Å². The molecule has 1 fully saturated rings. The van der Waals surface area contributed by atoms with E-state index in [9.17, 15) is 0 Å². The topological polar surface area (TPSA) is 79.0 Å². The predicted octanol–water partition coefficient (Wildman–Crippen LogP) is 2.96. The number of aliphatic imine (C=N–C) groups is 1. The van der Waals surface area contributed by atoms with E-state index in [-0.39, 0.29) is 24.0 Å². The highest BCUT2D eigenvalue weighted by atomic mass is 127. The first kappa shape index (κ1) is 23.5. The summed E-state index contributed by atoms with van der Waals surface area (Å²) in [5.41, 5.74) is 0.